The number of aliphatic hydroxyl groups is 1. The lowest BCUT2D eigenvalue weighted by atomic mass is 9.82. The lowest BCUT2D eigenvalue weighted by Crippen LogP contribution is -2.45. The van der Waals surface area contributed by atoms with E-state index in [4.69, 9.17) is 16.3 Å². The standard InChI is InChI=1S/C14H18ClFO2/c1-9-6-14(17,7-10(2)18-9)8-11-4-3-5-12(15)13(11)16/h3-5,9-10,17H,6-8H2,1-2H3. The number of hydrogen-bond donors (Lipinski definition) is 1. The molecule has 0 amide bonds. The van der Waals surface area contributed by atoms with Crippen LogP contribution in [0.3, 0.4) is 0 Å². The molecule has 0 radical (unpaired) electrons. The molecule has 0 spiro atoms. The van der Waals surface area contributed by atoms with Gasteiger partial charge in [-0.25, -0.2) is 4.39 Å². The predicted molar refractivity (Wildman–Crippen MR) is 69.3 cm³/mol. The van der Waals surface area contributed by atoms with Crippen LogP contribution in [0.2, 0.25) is 5.02 Å². The van der Waals surface area contributed by atoms with Gasteiger partial charge in [0.15, 0.2) is 0 Å². The summed E-state index contributed by atoms with van der Waals surface area (Å²) in [4.78, 5) is 0. The van der Waals surface area contributed by atoms with E-state index in [-0.39, 0.29) is 23.7 Å². The number of rotatable bonds is 2. The molecule has 2 rings (SSSR count). The fraction of sp³-hybridized carbons (Fsp3) is 0.571. The van der Waals surface area contributed by atoms with Gasteiger partial charge in [0.05, 0.1) is 22.8 Å². The van der Waals surface area contributed by atoms with E-state index in [1.165, 1.54) is 6.07 Å². The van der Waals surface area contributed by atoms with E-state index in [9.17, 15) is 9.50 Å². The maximum Gasteiger partial charge on any atom is 0.145 e. The van der Waals surface area contributed by atoms with Crippen LogP contribution >= 0.6 is 11.6 Å². The molecule has 1 aromatic rings. The lowest BCUT2D eigenvalue weighted by molar-refractivity contribution is -0.131. The van der Waals surface area contributed by atoms with Crippen molar-refractivity contribution in [1.29, 1.82) is 0 Å². The number of benzene rings is 1. The second-order valence-corrected chi connectivity index (χ2v) is 5.69. The minimum Gasteiger partial charge on any atom is -0.389 e. The fourth-order valence-electron chi connectivity index (χ4n) is 2.83. The molecule has 1 aliphatic heterocycles. The van der Waals surface area contributed by atoms with Gasteiger partial charge in [-0.2, -0.15) is 0 Å². The Balaban J connectivity index is 2.19. The van der Waals surface area contributed by atoms with Gasteiger partial charge in [0.25, 0.3) is 0 Å². The topological polar surface area (TPSA) is 29.5 Å². The predicted octanol–water partition coefficient (Wildman–Crippen LogP) is 3.34. The van der Waals surface area contributed by atoms with Gasteiger partial charge in [0.1, 0.15) is 5.82 Å². The number of ether oxygens (including phenoxy) is 1. The molecule has 1 N–H and O–H groups in total. The zero-order chi connectivity index (χ0) is 13.3. The summed E-state index contributed by atoms with van der Waals surface area (Å²) in [5, 5.41) is 10.7. The highest BCUT2D eigenvalue weighted by molar-refractivity contribution is 6.30. The second-order valence-electron chi connectivity index (χ2n) is 5.28. The van der Waals surface area contributed by atoms with Crippen LogP contribution in [0.15, 0.2) is 18.2 Å². The van der Waals surface area contributed by atoms with Crippen LogP contribution in [0.1, 0.15) is 32.3 Å². The largest absolute Gasteiger partial charge is 0.389 e. The lowest BCUT2D eigenvalue weighted by Gasteiger charge is -2.39. The molecule has 1 saturated heterocycles. The third-order valence-electron chi connectivity index (χ3n) is 3.35. The van der Waals surface area contributed by atoms with Crippen molar-refractivity contribution in [3.63, 3.8) is 0 Å². The van der Waals surface area contributed by atoms with Gasteiger partial charge in [-0.1, -0.05) is 23.7 Å². The molecule has 0 aromatic heterocycles. The minimum atomic E-state index is -0.914. The van der Waals surface area contributed by atoms with Crippen molar-refractivity contribution < 1.29 is 14.2 Å². The highest BCUT2D eigenvalue weighted by Crippen LogP contribution is 2.33. The summed E-state index contributed by atoms with van der Waals surface area (Å²) >= 11 is 5.75. The number of halogens is 2. The summed E-state index contributed by atoms with van der Waals surface area (Å²) in [6.07, 6.45) is 1.28. The van der Waals surface area contributed by atoms with Crippen molar-refractivity contribution >= 4 is 11.6 Å². The Hall–Kier alpha value is -0.640. The van der Waals surface area contributed by atoms with Crippen molar-refractivity contribution in [2.75, 3.05) is 0 Å². The summed E-state index contributed by atoms with van der Waals surface area (Å²) in [6, 6.07) is 4.89. The van der Waals surface area contributed by atoms with E-state index >= 15 is 0 Å². The van der Waals surface area contributed by atoms with E-state index in [1.807, 2.05) is 13.8 Å². The molecule has 2 atom stereocenters. The molecule has 4 heteroatoms. The Bertz CT molecular complexity index is 426. The molecule has 0 saturated carbocycles. The first-order chi connectivity index (χ1) is 8.39. The van der Waals surface area contributed by atoms with Gasteiger partial charge >= 0.3 is 0 Å². The Morgan fingerprint density at radius 1 is 1.39 bits per heavy atom. The molecule has 0 aliphatic carbocycles. The van der Waals surface area contributed by atoms with Crippen LogP contribution in [-0.2, 0) is 11.2 Å². The summed E-state index contributed by atoms with van der Waals surface area (Å²) in [6.45, 7) is 3.85. The van der Waals surface area contributed by atoms with Gasteiger partial charge in [0, 0.05) is 19.3 Å². The Labute approximate surface area is 112 Å². The van der Waals surface area contributed by atoms with Crippen LogP contribution in [-0.4, -0.2) is 22.9 Å². The van der Waals surface area contributed by atoms with Crippen LogP contribution in [0.4, 0.5) is 4.39 Å². The third kappa shape index (κ3) is 3.02. The molecular formula is C14H18ClFO2. The molecule has 100 valence electrons. The Morgan fingerprint density at radius 3 is 2.61 bits per heavy atom. The van der Waals surface area contributed by atoms with Crippen LogP contribution in [0, 0.1) is 5.82 Å². The van der Waals surface area contributed by atoms with Crippen molar-refractivity contribution in [2.24, 2.45) is 0 Å². The zero-order valence-electron chi connectivity index (χ0n) is 10.6. The molecule has 1 aliphatic rings. The first kappa shape index (κ1) is 13.8. The van der Waals surface area contributed by atoms with Gasteiger partial charge in [-0.15, -0.1) is 0 Å². The second kappa shape index (κ2) is 5.16. The monoisotopic (exact) mass is 272 g/mol. The first-order valence-electron chi connectivity index (χ1n) is 6.20. The van der Waals surface area contributed by atoms with Crippen molar-refractivity contribution in [2.45, 2.75) is 50.9 Å². The fourth-order valence-corrected chi connectivity index (χ4v) is 3.02. The average molecular weight is 273 g/mol. The van der Waals surface area contributed by atoms with Crippen LogP contribution in [0.5, 0.6) is 0 Å². The Morgan fingerprint density at radius 2 is 2.00 bits per heavy atom. The van der Waals surface area contributed by atoms with Crippen LogP contribution < -0.4 is 0 Å². The summed E-state index contributed by atoms with van der Waals surface area (Å²) in [5.41, 5.74) is -0.450. The zero-order valence-corrected chi connectivity index (χ0v) is 11.4. The van der Waals surface area contributed by atoms with E-state index in [0.717, 1.165) is 0 Å². The van der Waals surface area contributed by atoms with Crippen LogP contribution in [0.25, 0.3) is 0 Å². The summed E-state index contributed by atoms with van der Waals surface area (Å²) in [5.74, 6) is -0.431. The van der Waals surface area contributed by atoms with Gasteiger partial charge in [-0.3, -0.25) is 0 Å². The summed E-state index contributed by atoms with van der Waals surface area (Å²) < 4.78 is 19.4. The minimum absolute atomic E-state index is 0.0130. The highest BCUT2D eigenvalue weighted by atomic mass is 35.5. The smallest absolute Gasteiger partial charge is 0.145 e. The molecule has 2 unspecified atom stereocenters. The van der Waals surface area contributed by atoms with E-state index in [0.29, 0.717) is 18.4 Å². The molecule has 0 bridgehead atoms. The highest BCUT2D eigenvalue weighted by Gasteiger charge is 2.37. The van der Waals surface area contributed by atoms with E-state index < -0.39 is 11.4 Å². The first-order valence-corrected chi connectivity index (χ1v) is 6.58. The molecule has 1 aromatic carbocycles. The maximum atomic E-state index is 13.8. The SMILES string of the molecule is CC1CC(O)(Cc2cccc(Cl)c2F)CC(C)O1. The van der Waals surface area contributed by atoms with E-state index in [2.05, 4.69) is 0 Å². The van der Waals surface area contributed by atoms with Gasteiger partial charge in [0.2, 0.25) is 0 Å². The van der Waals surface area contributed by atoms with Crippen molar-refractivity contribution in [3.05, 3.63) is 34.6 Å². The van der Waals surface area contributed by atoms with Crippen molar-refractivity contribution in [3.8, 4) is 0 Å². The van der Waals surface area contributed by atoms with E-state index in [1.54, 1.807) is 12.1 Å². The molecular weight excluding hydrogens is 255 g/mol. The maximum absolute atomic E-state index is 13.8. The molecule has 2 nitrogen and oxygen atoms in total. The van der Waals surface area contributed by atoms with Gasteiger partial charge in [-0.05, 0) is 25.5 Å². The normalized spacial score (nSPS) is 32.5. The molecule has 18 heavy (non-hydrogen) atoms. The molecule has 1 fully saturated rings. The number of hydrogen-bond acceptors (Lipinski definition) is 2. The third-order valence-corrected chi connectivity index (χ3v) is 3.64. The van der Waals surface area contributed by atoms with Crippen molar-refractivity contribution in [1.82, 2.24) is 0 Å². The summed E-state index contributed by atoms with van der Waals surface area (Å²) in [7, 11) is 0. The quantitative estimate of drug-likeness (QED) is 0.895. The average Bonchev–Trinajstić information content (AvgIpc) is 2.22. The molecule has 1 heterocycles. The van der Waals surface area contributed by atoms with Gasteiger partial charge < -0.3 is 9.84 Å². The Kier molecular flexibility index (Phi) is 3.95.